The van der Waals surface area contributed by atoms with Gasteiger partial charge in [-0.05, 0) is 31.6 Å². The SMILES string of the molecule is C[C@H]1CCCC[C@H]1N[C@@H]1CCCC[C@@H]1O. The fourth-order valence-electron chi connectivity index (χ4n) is 3.14. The molecule has 0 saturated heterocycles. The van der Waals surface area contributed by atoms with E-state index in [-0.39, 0.29) is 6.10 Å². The summed E-state index contributed by atoms with van der Waals surface area (Å²) in [5.74, 6) is 0.799. The summed E-state index contributed by atoms with van der Waals surface area (Å²) in [5, 5.41) is 13.6. The Morgan fingerprint density at radius 1 is 0.867 bits per heavy atom. The lowest BCUT2D eigenvalue weighted by molar-refractivity contribution is 0.0758. The molecule has 2 rings (SSSR count). The third-order valence-corrected chi connectivity index (χ3v) is 4.27. The summed E-state index contributed by atoms with van der Waals surface area (Å²) in [5.41, 5.74) is 0. The highest BCUT2D eigenvalue weighted by Gasteiger charge is 2.28. The van der Waals surface area contributed by atoms with Crippen molar-refractivity contribution in [3.05, 3.63) is 0 Å². The van der Waals surface area contributed by atoms with Gasteiger partial charge in [-0.15, -0.1) is 0 Å². The second kappa shape index (κ2) is 5.31. The first-order chi connectivity index (χ1) is 7.27. The maximum Gasteiger partial charge on any atom is 0.0693 e. The predicted octanol–water partition coefficient (Wildman–Crippen LogP) is 2.46. The van der Waals surface area contributed by atoms with Crippen LogP contribution < -0.4 is 5.32 Å². The predicted molar refractivity (Wildman–Crippen MR) is 62.8 cm³/mol. The molecule has 0 heterocycles. The first kappa shape index (κ1) is 11.4. The lowest BCUT2D eigenvalue weighted by Crippen LogP contribution is -2.50. The van der Waals surface area contributed by atoms with Crippen molar-refractivity contribution in [2.75, 3.05) is 0 Å². The molecule has 4 atom stereocenters. The van der Waals surface area contributed by atoms with Crippen LogP contribution in [0.15, 0.2) is 0 Å². The van der Waals surface area contributed by atoms with Crippen molar-refractivity contribution >= 4 is 0 Å². The van der Waals surface area contributed by atoms with Crippen LogP contribution in [0.25, 0.3) is 0 Å². The molecule has 0 aromatic heterocycles. The van der Waals surface area contributed by atoms with Crippen molar-refractivity contribution < 1.29 is 5.11 Å². The molecule has 0 aliphatic heterocycles. The van der Waals surface area contributed by atoms with Crippen LogP contribution in [0, 0.1) is 5.92 Å². The second-order valence-corrected chi connectivity index (χ2v) is 5.49. The highest BCUT2D eigenvalue weighted by atomic mass is 16.3. The zero-order valence-electron chi connectivity index (χ0n) is 9.91. The van der Waals surface area contributed by atoms with Crippen molar-refractivity contribution in [2.24, 2.45) is 5.92 Å². The summed E-state index contributed by atoms with van der Waals surface area (Å²) in [6.07, 6.45) is 10.0. The molecule has 2 aliphatic carbocycles. The van der Waals surface area contributed by atoms with Gasteiger partial charge in [-0.25, -0.2) is 0 Å². The number of nitrogens with one attached hydrogen (secondary N) is 1. The molecule has 0 spiro atoms. The highest BCUT2D eigenvalue weighted by molar-refractivity contribution is 4.87. The molecule has 0 unspecified atom stereocenters. The van der Waals surface area contributed by atoms with Crippen molar-refractivity contribution in [2.45, 2.75) is 76.5 Å². The first-order valence-electron chi connectivity index (χ1n) is 6.71. The smallest absolute Gasteiger partial charge is 0.0693 e. The molecule has 0 aromatic carbocycles. The third-order valence-electron chi connectivity index (χ3n) is 4.27. The van der Waals surface area contributed by atoms with Gasteiger partial charge < -0.3 is 10.4 Å². The van der Waals surface area contributed by atoms with Crippen LogP contribution in [0.1, 0.15) is 58.3 Å². The minimum Gasteiger partial charge on any atom is -0.392 e. The van der Waals surface area contributed by atoms with E-state index in [0.717, 1.165) is 12.3 Å². The van der Waals surface area contributed by atoms with Gasteiger partial charge in [0, 0.05) is 12.1 Å². The van der Waals surface area contributed by atoms with Gasteiger partial charge >= 0.3 is 0 Å². The average Bonchev–Trinajstić information content (AvgIpc) is 2.24. The number of aliphatic hydroxyl groups is 1. The maximum absolute atomic E-state index is 9.92. The number of hydrogen-bond acceptors (Lipinski definition) is 2. The highest BCUT2D eigenvalue weighted by Crippen LogP contribution is 2.26. The van der Waals surface area contributed by atoms with Gasteiger partial charge in [0.05, 0.1) is 6.10 Å². The molecule has 2 heteroatoms. The van der Waals surface area contributed by atoms with Crippen LogP contribution in [0.3, 0.4) is 0 Å². The van der Waals surface area contributed by atoms with E-state index in [1.807, 2.05) is 0 Å². The molecule has 0 aromatic rings. The Kier molecular flexibility index (Phi) is 4.04. The van der Waals surface area contributed by atoms with E-state index in [1.54, 1.807) is 0 Å². The minimum absolute atomic E-state index is 0.0899. The van der Waals surface area contributed by atoms with Gasteiger partial charge in [-0.2, -0.15) is 0 Å². The Hall–Kier alpha value is -0.0800. The van der Waals surface area contributed by atoms with Gasteiger partial charge in [0.25, 0.3) is 0 Å². The molecule has 2 saturated carbocycles. The summed E-state index contributed by atoms with van der Waals surface area (Å²) in [6, 6.07) is 1.04. The minimum atomic E-state index is -0.0899. The van der Waals surface area contributed by atoms with Crippen molar-refractivity contribution in [1.29, 1.82) is 0 Å². The second-order valence-electron chi connectivity index (χ2n) is 5.49. The van der Waals surface area contributed by atoms with E-state index < -0.39 is 0 Å². The number of hydrogen-bond donors (Lipinski definition) is 2. The van der Waals surface area contributed by atoms with Gasteiger partial charge in [0.15, 0.2) is 0 Å². The molecule has 0 bridgehead atoms. The topological polar surface area (TPSA) is 32.3 Å². The Labute approximate surface area is 93.5 Å². The van der Waals surface area contributed by atoms with Crippen LogP contribution >= 0.6 is 0 Å². The van der Waals surface area contributed by atoms with E-state index in [2.05, 4.69) is 12.2 Å². The van der Waals surface area contributed by atoms with Gasteiger partial charge in [0.2, 0.25) is 0 Å². The standard InChI is InChI=1S/C13H25NO/c1-10-6-2-3-7-11(10)14-12-8-4-5-9-13(12)15/h10-15H,2-9H2,1H3/t10-,11+,12+,13-/m0/s1. The Morgan fingerprint density at radius 3 is 2.13 bits per heavy atom. The molecule has 2 fully saturated rings. The van der Waals surface area contributed by atoms with Gasteiger partial charge in [0.1, 0.15) is 0 Å². The largest absolute Gasteiger partial charge is 0.392 e. The molecular formula is C13H25NO. The zero-order chi connectivity index (χ0) is 10.7. The van der Waals surface area contributed by atoms with E-state index in [1.165, 1.54) is 44.9 Å². The Bertz CT molecular complexity index is 175. The normalized spacial score (nSPS) is 42.8. The Balaban J connectivity index is 1.83. The summed E-state index contributed by atoms with van der Waals surface area (Å²) < 4.78 is 0. The van der Waals surface area contributed by atoms with Gasteiger partial charge in [-0.1, -0.05) is 32.6 Å². The molecule has 2 N–H and O–H groups in total. The molecular weight excluding hydrogens is 186 g/mol. The third kappa shape index (κ3) is 2.94. The summed E-state index contributed by atoms with van der Waals surface area (Å²) in [6.45, 7) is 2.35. The summed E-state index contributed by atoms with van der Waals surface area (Å²) >= 11 is 0. The summed E-state index contributed by atoms with van der Waals surface area (Å²) in [4.78, 5) is 0. The molecule has 2 aliphatic rings. The van der Waals surface area contributed by atoms with Gasteiger partial charge in [-0.3, -0.25) is 0 Å². The van der Waals surface area contributed by atoms with E-state index in [9.17, 15) is 5.11 Å². The van der Waals surface area contributed by atoms with Crippen molar-refractivity contribution in [1.82, 2.24) is 5.32 Å². The van der Waals surface area contributed by atoms with E-state index >= 15 is 0 Å². The lowest BCUT2D eigenvalue weighted by Gasteiger charge is -2.37. The summed E-state index contributed by atoms with van der Waals surface area (Å²) in [7, 11) is 0. The van der Waals surface area contributed by atoms with Crippen LogP contribution in [0.4, 0.5) is 0 Å². The zero-order valence-corrected chi connectivity index (χ0v) is 9.91. The maximum atomic E-state index is 9.92. The molecule has 2 nitrogen and oxygen atoms in total. The Morgan fingerprint density at radius 2 is 1.47 bits per heavy atom. The molecule has 0 radical (unpaired) electrons. The number of rotatable bonds is 2. The van der Waals surface area contributed by atoms with Crippen LogP contribution in [-0.4, -0.2) is 23.3 Å². The first-order valence-corrected chi connectivity index (χ1v) is 6.71. The quantitative estimate of drug-likeness (QED) is 0.735. The monoisotopic (exact) mass is 211 g/mol. The fraction of sp³-hybridized carbons (Fsp3) is 1.00. The van der Waals surface area contributed by atoms with Crippen LogP contribution in [0.5, 0.6) is 0 Å². The molecule has 15 heavy (non-hydrogen) atoms. The fourth-order valence-corrected chi connectivity index (χ4v) is 3.14. The van der Waals surface area contributed by atoms with Crippen molar-refractivity contribution in [3.8, 4) is 0 Å². The molecule has 0 amide bonds. The van der Waals surface area contributed by atoms with E-state index in [0.29, 0.717) is 12.1 Å². The molecule has 88 valence electrons. The van der Waals surface area contributed by atoms with Crippen molar-refractivity contribution in [3.63, 3.8) is 0 Å². The van der Waals surface area contributed by atoms with E-state index in [4.69, 9.17) is 0 Å². The lowest BCUT2D eigenvalue weighted by atomic mass is 9.84. The average molecular weight is 211 g/mol. The number of aliphatic hydroxyl groups excluding tert-OH is 1. The van der Waals surface area contributed by atoms with Crippen LogP contribution in [-0.2, 0) is 0 Å². The van der Waals surface area contributed by atoms with Crippen LogP contribution in [0.2, 0.25) is 0 Å².